The molecule has 2 N–H and O–H groups in total. The molecular weight excluding hydrogens is 120 g/mol. The Labute approximate surface area is 54.1 Å². The molecule has 0 fully saturated rings. The highest BCUT2D eigenvalue weighted by molar-refractivity contribution is 7.98. The molecular formula is C5H10N2S. The van der Waals surface area contributed by atoms with Crippen molar-refractivity contribution in [3.63, 3.8) is 0 Å². The average molecular weight is 130 g/mol. The monoisotopic (exact) mass is 130 g/mol. The van der Waals surface area contributed by atoms with Crippen molar-refractivity contribution in [3.8, 4) is 6.07 Å². The SMILES string of the molecule is CSC[C@](C)(N)C#N. The summed E-state index contributed by atoms with van der Waals surface area (Å²) in [5.41, 5.74) is 4.81. The first-order valence-electron chi connectivity index (χ1n) is 2.31. The van der Waals surface area contributed by atoms with Crippen LogP contribution < -0.4 is 5.73 Å². The molecule has 0 saturated heterocycles. The van der Waals surface area contributed by atoms with Crippen molar-refractivity contribution in [2.75, 3.05) is 12.0 Å². The summed E-state index contributed by atoms with van der Waals surface area (Å²) < 4.78 is 0. The minimum Gasteiger partial charge on any atom is -0.313 e. The van der Waals surface area contributed by atoms with Gasteiger partial charge in [-0.3, -0.25) is 0 Å². The van der Waals surface area contributed by atoms with E-state index in [-0.39, 0.29) is 0 Å². The predicted octanol–water partition coefficient (Wildman–Crippen LogP) is 0.590. The zero-order valence-corrected chi connectivity index (χ0v) is 5.96. The second-order valence-corrected chi connectivity index (χ2v) is 2.83. The number of hydrogen-bond donors (Lipinski definition) is 1. The van der Waals surface area contributed by atoms with Crippen molar-refractivity contribution in [1.82, 2.24) is 0 Å². The summed E-state index contributed by atoms with van der Waals surface area (Å²) >= 11 is 1.59. The summed E-state index contributed by atoms with van der Waals surface area (Å²) in [6.45, 7) is 1.73. The summed E-state index contributed by atoms with van der Waals surface area (Å²) in [7, 11) is 0. The average Bonchev–Trinajstić information content (AvgIpc) is 1.67. The van der Waals surface area contributed by atoms with Crippen LogP contribution in [0.1, 0.15) is 6.92 Å². The molecule has 1 atom stereocenters. The second kappa shape index (κ2) is 2.95. The number of rotatable bonds is 2. The molecule has 0 aliphatic rings. The molecule has 8 heavy (non-hydrogen) atoms. The molecule has 0 bridgehead atoms. The minimum atomic E-state index is -0.639. The van der Waals surface area contributed by atoms with E-state index >= 15 is 0 Å². The highest BCUT2D eigenvalue weighted by atomic mass is 32.2. The zero-order chi connectivity index (χ0) is 6.62. The van der Waals surface area contributed by atoms with Crippen LogP contribution in [-0.2, 0) is 0 Å². The van der Waals surface area contributed by atoms with E-state index < -0.39 is 5.54 Å². The van der Waals surface area contributed by atoms with Crippen molar-refractivity contribution >= 4 is 11.8 Å². The maximum atomic E-state index is 8.34. The maximum absolute atomic E-state index is 8.34. The van der Waals surface area contributed by atoms with Crippen LogP contribution in [0.4, 0.5) is 0 Å². The van der Waals surface area contributed by atoms with Crippen LogP contribution in [0.5, 0.6) is 0 Å². The van der Waals surface area contributed by atoms with Gasteiger partial charge in [0.1, 0.15) is 5.54 Å². The van der Waals surface area contributed by atoms with Gasteiger partial charge in [0.05, 0.1) is 6.07 Å². The predicted molar refractivity (Wildman–Crippen MR) is 36.6 cm³/mol. The highest BCUT2D eigenvalue weighted by Gasteiger charge is 2.14. The molecule has 0 radical (unpaired) electrons. The van der Waals surface area contributed by atoms with Gasteiger partial charge >= 0.3 is 0 Å². The highest BCUT2D eigenvalue weighted by Crippen LogP contribution is 2.04. The number of nitrogens with zero attached hydrogens (tertiary/aromatic N) is 1. The van der Waals surface area contributed by atoms with E-state index in [4.69, 9.17) is 11.0 Å². The molecule has 0 saturated carbocycles. The molecule has 0 heterocycles. The van der Waals surface area contributed by atoms with Crippen molar-refractivity contribution in [2.45, 2.75) is 12.5 Å². The lowest BCUT2D eigenvalue weighted by molar-refractivity contribution is 0.683. The van der Waals surface area contributed by atoms with E-state index in [1.165, 1.54) is 0 Å². The van der Waals surface area contributed by atoms with Gasteiger partial charge in [-0.05, 0) is 13.2 Å². The van der Waals surface area contributed by atoms with Crippen LogP contribution in [0.3, 0.4) is 0 Å². The van der Waals surface area contributed by atoms with Gasteiger partial charge in [0.25, 0.3) is 0 Å². The van der Waals surface area contributed by atoms with E-state index in [0.717, 1.165) is 0 Å². The molecule has 0 unspecified atom stereocenters. The van der Waals surface area contributed by atoms with Gasteiger partial charge in [-0.25, -0.2) is 0 Å². The standard InChI is InChI=1S/C5H10N2S/c1-5(7,3-6)4-8-2/h4,7H2,1-2H3/t5-/m1/s1. The Bertz CT molecular complexity index is 103. The Morgan fingerprint density at radius 2 is 2.38 bits per heavy atom. The van der Waals surface area contributed by atoms with E-state index in [9.17, 15) is 0 Å². The molecule has 0 aromatic carbocycles. The molecule has 0 aromatic heterocycles. The third-order valence-electron chi connectivity index (χ3n) is 0.700. The van der Waals surface area contributed by atoms with Crippen LogP contribution in [0.2, 0.25) is 0 Å². The summed E-state index contributed by atoms with van der Waals surface area (Å²) in [5, 5.41) is 8.34. The summed E-state index contributed by atoms with van der Waals surface area (Å²) in [6.07, 6.45) is 1.93. The fourth-order valence-electron chi connectivity index (χ4n) is 0.332. The molecule has 0 aliphatic carbocycles. The number of nitrogens with two attached hydrogens (primary N) is 1. The number of thioether (sulfide) groups is 1. The minimum absolute atomic E-state index is 0.639. The van der Waals surface area contributed by atoms with Crippen LogP contribution >= 0.6 is 11.8 Å². The summed E-state index contributed by atoms with van der Waals surface area (Å²) in [5.74, 6) is 0.698. The van der Waals surface area contributed by atoms with Crippen LogP contribution in [0, 0.1) is 11.3 Å². The molecule has 0 aromatic rings. The van der Waals surface area contributed by atoms with E-state index in [0.29, 0.717) is 5.75 Å². The van der Waals surface area contributed by atoms with Gasteiger partial charge in [-0.15, -0.1) is 0 Å². The largest absolute Gasteiger partial charge is 0.313 e. The van der Waals surface area contributed by atoms with E-state index in [2.05, 4.69) is 0 Å². The lowest BCUT2D eigenvalue weighted by Crippen LogP contribution is -2.36. The molecule has 46 valence electrons. The Hall–Kier alpha value is -0.200. The molecule has 0 spiro atoms. The van der Waals surface area contributed by atoms with E-state index in [1.807, 2.05) is 12.3 Å². The summed E-state index contributed by atoms with van der Waals surface area (Å²) in [4.78, 5) is 0. The first-order valence-corrected chi connectivity index (χ1v) is 3.71. The maximum Gasteiger partial charge on any atom is 0.110 e. The van der Waals surface area contributed by atoms with Crippen LogP contribution in [-0.4, -0.2) is 17.5 Å². The second-order valence-electron chi connectivity index (χ2n) is 1.96. The molecule has 3 heteroatoms. The molecule has 0 amide bonds. The Balaban J connectivity index is 3.59. The van der Waals surface area contributed by atoms with Gasteiger partial charge in [-0.1, -0.05) is 0 Å². The third-order valence-corrected chi connectivity index (χ3v) is 1.59. The number of nitriles is 1. The van der Waals surface area contributed by atoms with Gasteiger partial charge in [-0.2, -0.15) is 17.0 Å². The Morgan fingerprint density at radius 3 is 2.50 bits per heavy atom. The van der Waals surface area contributed by atoms with Crippen molar-refractivity contribution in [3.05, 3.63) is 0 Å². The topological polar surface area (TPSA) is 49.8 Å². The Kier molecular flexibility index (Phi) is 2.88. The van der Waals surface area contributed by atoms with Crippen LogP contribution in [0.15, 0.2) is 0 Å². The molecule has 2 nitrogen and oxygen atoms in total. The third kappa shape index (κ3) is 2.89. The van der Waals surface area contributed by atoms with Crippen LogP contribution in [0.25, 0.3) is 0 Å². The fraction of sp³-hybridized carbons (Fsp3) is 0.800. The number of hydrogen-bond acceptors (Lipinski definition) is 3. The van der Waals surface area contributed by atoms with Gasteiger partial charge in [0, 0.05) is 5.75 Å². The molecule has 0 rings (SSSR count). The van der Waals surface area contributed by atoms with E-state index in [1.54, 1.807) is 18.7 Å². The summed E-state index contributed by atoms with van der Waals surface area (Å²) in [6, 6.07) is 2.00. The lowest BCUT2D eigenvalue weighted by Gasteiger charge is -2.11. The quantitative estimate of drug-likeness (QED) is 0.595. The normalized spacial score (nSPS) is 16.8. The first kappa shape index (κ1) is 7.80. The van der Waals surface area contributed by atoms with Gasteiger partial charge < -0.3 is 5.73 Å². The Morgan fingerprint density at radius 1 is 1.88 bits per heavy atom. The van der Waals surface area contributed by atoms with Crippen molar-refractivity contribution in [1.29, 1.82) is 5.26 Å². The zero-order valence-electron chi connectivity index (χ0n) is 5.14. The van der Waals surface area contributed by atoms with Gasteiger partial charge in [0.15, 0.2) is 0 Å². The smallest absolute Gasteiger partial charge is 0.110 e. The van der Waals surface area contributed by atoms with Gasteiger partial charge in [0.2, 0.25) is 0 Å². The fourth-order valence-corrected chi connectivity index (χ4v) is 0.996. The van der Waals surface area contributed by atoms with Crippen molar-refractivity contribution in [2.24, 2.45) is 5.73 Å². The first-order chi connectivity index (χ1) is 3.62. The lowest BCUT2D eigenvalue weighted by atomic mass is 10.1. The van der Waals surface area contributed by atoms with Crippen molar-refractivity contribution < 1.29 is 0 Å². The molecule has 0 aliphatic heterocycles.